The number of furan rings is 1. The van der Waals surface area contributed by atoms with Crippen molar-refractivity contribution < 1.29 is 4.42 Å². The van der Waals surface area contributed by atoms with Crippen molar-refractivity contribution in [2.75, 3.05) is 0 Å². The van der Waals surface area contributed by atoms with E-state index in [9.17, 15) is 0 Å². The van der Waals surface area contributed by atoms with Crippen molar-refractivity contribution in [3.63, 3.8) is 0 Å². The maximum atomic E-state index is 6.67. The highest BCUT2D eigenvalue weighted by Crippen LogP contribution is 2.42. The molecule has 0 aliphatic carbocycles. The zero-order chi connectivity index (χ0) is 31.3. The molecule has 3 nitrogen and oxygen atoms in total. The molecule has 0 saturated heterocycles. The molecule has 0 unspecified atom stereocenters. The summed E-state index contributed by atoms with van der Waals surface area (Å²) in [5.41, 5.74) is 9.25. The molecular formula is C44H24N2OS. The van der Waals surface area contributed by atoms with E-state index in [1.165, 1.54) is 20.9 Å². The van der Waals surface area contributed by atoms with Gasteiger partial charge in [-0.2, -0.15) is 0 Å². The fraction of sp³-hybridized carbons (Fsp3) is 0. The van der Waals surface area contributed by atoms with Crippen molar-refractivity contribution in [2.24, 2.45) is 0 Å². The van der Waals surface area contributed by atoms with E-state index in [2.05, 4.69) is 146 Å². The molecule has 11 rings (SSSR count). The van der Waals surface area contributed by atoms with Crippen LogP contribution in [0.5, 0.6) is 0 Å². The normalized spacial score (nSPS) is 12.2. The molecule has 0 aliphatic heterocycles. The summed E-state index contributed by atoms with van der Waals surface area (Å²) in [6.07, 6.45) is 0. The zero-order valence-corrected chi connectivity index (χ0v) is 26.4. The lowest BCUT2D eigenvalue weighted by atomic mass is 9.97. The van der Waals surface area contributed by atoms with Gasteiger partial charge in [0.2, 0.25) is 0 Å². The van der Waals surface area contributed by atoms with E-state index >= 15 is 0 Å². The van der Waals surface area contributed by atoms with Crippen LogP contribution in [0.1, 0.15) is 0 Å². The highest BCUT2D eigenvalue weighted by molar-refractivity contribution is 7.25. The van der Waals surface area contributed by atoms with Crippen molar-refractivity contribution in [2.45, 2.75) is 0 Å². The molecule has 3 aromatic heterocycles. The fourth-order valence-electron chi connectivity index (χ4n) is 7.60. The summed E-state index contributed by atoms with van der Waals surface area (Å²) in [7, 11) is 0. The van der Waals surface area contributed by atoms with E-state index in [1.54, 1.807) is 11.3 Å². The topological polar surface area (TPSA) is 38.9 Å². The molecule has 11 aromatic rings. The molecule has 0 amide bonds. The van der Waals surface area contributed by atoms with Crippen LogP contribution in [0.15, 0.2) is 150 Å². The molecule has 0 fully saturated rings. The van der Waals surface area contributed by atoms with Crippen LogP contribution in [0.2, 0.25) is 0 Å². The van der Waals surface area contributed by atoms with Gasteiger partial charge in [0.15, 0.2) is 0 Å². The number of rotatable bonds is 2. The van der Waals surface area contributed by atoms with Gasteiger partial charge in [-0.25, -0.2) is 9.97 Å². The highest BCUT2D eigenvalue weighted by atomic mass is 32.1. The first kappa shape index (κ1) is 26.0. The number of benzene rings is 8. The first-order valence-electron chi connectivity index (χ1n) is 16.2. The molecule has 48 heavy (non-hydrogen) atoms. The first-order chi connectivity index (χ1) is 23.8. The second kappa shape index (κ2) is 9.71. The quantitative estimate of drug-likeness (QED) is 0.179. The van der Waals surface area contributed by atoms with Crippen molar-refractivity contribution in [3.05, 3.63) is 146 Å². The maximum absolute atomic E-state index is 6.67. The molecule has 0 atom stereocenters. The minimum atomic E-state index is 0.919. The summed E-state index contributed by atoms with van der Waals surface area (Å²) in [6.45, 7) is 0. The van der Waals surface area contributed by atoms with Gasteiger partial charge in [0.05, 0.1) is 11.0 Å². The molecule has 0 spiro atoms. The van der Waals surface area contributed by atoms with Gasteiger partial charge in [0.25, 0.3) is 0 Å². The van der Waals surface area contributed by atoms with Gasteiger partial charge >= 0.3 is 0 Å². The molecule has 0 aliphatic rings. The Kier molecular flexibility index (Phi) is 5.26. The molecule has 0 radical (unpaired) electrons. The Morgan fingerprint density at radius 1 is 0.396 bits per heavy atom. The van der Waals surface area contributed by atoms with E-state index in [0.717, 1.165) is 87.1 Å². The molecule has 8 aromatic carbocycles. The number of aromatic nitrogens is 2. The van der Waals surface area contributed by atoms with E-state index in [0.29, 0.717) is 0 Å². The van der Waals surface area contributed by atoms with Crippen LogP contribution < -0.4 is 0 Å². The fourth-order valence-corrected chi connectivity index (χ4v) is 8.60. The van der Waals surface area contributed by atoms with Gasteiger partial charge in [-0.3, -0.25) is 0 Å². The number of hydrogen-bond donors (Lipinski definition) is 0. The van der Waals surface area contributed by atoms with Crippen molar-refractivity contribution >= 4 is 97.1 Å². The van der Waals surface area contributed by atoms with Gasteiger partial charge in [0, 0.05) is 42.6 Å². The van der Waals surface area contributed by atoms with Crippen molar-refractivity contribution in [1.29, 1.82) is 0 Å². The predicted molar refractivity (Wildman–Crippen MR) is 203 cm³/mol. The largest absolute Gasteiger partial charge is 0.455 e. The SMILES string of the molecule is c1cc(-c2ccc3sc4nc5c6ccccc6c6ccccc6c5nc4c3c2)cc(-c2cccc3c2oc2c4ccccc4ccc32)c1. The zero-order valence-electron chi connectivity index (χ0n) is 25.6. The highest BCUT2D eigenvalue weighted by Gasteiger charge is 2.17. The third-order valence-electron chi connectivity index (χ3n) is 9.86. The van der Waals surface area contributed by atoms with Crippen molar-refractivity contribution in [3.8, 4) is 22.3 Å². The van der Waals surface area contributed by atoms with Gasteiger partial charge < -0.3 is 4.42 Å². The smallest absolute Gasteiger partial charge is 0.143 e. The molecule has 3 heterocycles. The lowest BCUT2D eigenvalue weighted by molar-refractivity contribution is 0.674. The second-order valence-electron chi connectivity index (χ2n) is 12.5. The lowest BCUT2D eigenvalue weighted by Crippen LogP contribution is -1.89. The van der Waals surface area contributed by atoms with Crippen LogP contribution in [0.3, 0.4) is 0 Å². The maximum Gasteiger partial charge on any atom is 0.143 e. The Hall–Kier alpha value is -6.10. The van der Waals surface area contributed by atoms with Gasteiger partial charge in [-0.1, -0.05) is 121 Å². The molecule has 0 saturated carbocycles. The van der Waals surface area contributed by atoms with Crippen LogP contribution in [-0.4, -0.2) is 9.97 Å². The van der Waals surface area contributed by atoms with E-state index in [-0.39, 0.29) is 0 Å². The van der Waals surface area contributed by atoms with E-state index in [4.69, 9.17) is 14.4 Å². The monoisotopic (exact) mass is 628 g/mol. The summed E-state index contributed by atoms with van der Waals surface area (Å²) in [5, 5.41) is 10.4. The Bertz CT molecular complexity index is 3130. The number of fused-ring (bicyclic) bond motifs is 14. The predicted octanol–water partition coefficient (Wildman–Crippen LogP) is 12.7. The summed E-state index contributed by atoms with van der Waals surface area (Å²) < 4.78 is 7.86. The summed E-state index contributed by atoms with van der Waals surface area (Å²) in [4.78, 5) is 11.6. The first-order valence-corrected chi connectivity index (χ1v) is 17.0. The molecule has 0 N–H and O–H groups in total. The van der Waals surface area contributed by atoms with Crippen LogP contribution >= 0.6 is 11.3 Å². The standard InChI is InChI=1S/C44H24N2OS/c1-2-12-29-25(9-1)19-21-36-35-18-8-17-30(43(35)47-42(29)36)28-11-7-10-26(23-28)27-20-22-38-37(24-27)41-44(48-38)46-40-34-16-6-4-14-32(34)31-13-3-5-15-33(31)39(40)45-41/h1-24H. The molecular weight excluding hydrogens is 605 g/mol. The minimum absolute atomic E-state index is 0.919. The third-order valence-corrected chi connectivity index (χ3v) is 10.9. The Labute approximate surface area is 278 Å². The van der Waals surface area contributed by atoms with Gasteiger partial charge in [-0.05, 0) is 57.1 Å². The van der Waals surface area contributed by atoms with Crippen LogP contribution in [0, 0.1) is 0 Å². The number of hydrogen-bond acceptors (Lipinski definition) is 4. The van der Waals surface area contributed by atoms with Gasteiger partial charge in [-0.15, -0.1) is 11.3 Å². The number of thiophene rings is 1. The van der Waals surface area contributed by atoms with E-state index < -0.39 is 0 Å². The Morgan fingerprint density at radius 3 is 1.88 bits per heavy atom. The number of para-hydroxylation sites is 1. The molecule has 0 bridgehead atoms. The summed E-state index contributed by atoms with van der Waals surface area (Å²) in [6, 6.07) is 51.8. The summed E-state index contributed by atoms with van der Waals surface area (Å²) >= 11 is 1.71. The molecule has 222 valence electrons. The lowest BCUT2D eigenvalue weighted by Gasteiger charge is -2.09. The second-order valence-corrected chi connectivity index (χ2v) is 13.5. The van der Waals surface area contributed by atoms with Crippen LogP contribution in [0.4, 0.5) is 0 Å². The van der Waals surface area contributed by atoms with Crippen molar-refractivity contribution in [1.82, 2.24) is 9.97 Å². The van der Waals surface area contributed by atoms with Gasteiger partial charge in [0.1, 0.15) is 21.5 Å². The average molecular weight is 629 g/mol. The summed E-state index contributed by atoms with van der Waals surface area (Å²) in [5.74, 6) is 0. The van der Waals surface area contributed by atoms with Crippen LogP contribution in [-0.2, 0) is 0 Å². The Balaban J connectivity index is 1.09. The average Bonchev–Trinajstić information content (AvgIpc) is 3.72. The molecule has 4 heteroatoms. The minimum Gasteiger partial charge on any atom is -0.455 e. The van der Waals surface area contributed by atoms with Crippen LogP contribution in [0.25, 0.3) is 108 Å². The number of nitrogens with zero attached hydrogens (tertiary/aromatic N) is 2. The third kappa shape index (κ3) is 3.63. The Morgan fingerprint density at radius 2 is 1.04 bits per heavy atom. The van der Waals surface area contributed by atoms with E-state index in [1.807, 2.05) is 0 Å².